The van der Waals surface area contributed by atoms with Gasteiger partial charge >= 0.3 is 6.03 Å². The van der Waals surface area contributed by atoms with Gasteiger partial charge in [0.05, 0.1) is 12.8 Å². The summed E-state index contributed by atoms with van der Waals surface area (Å²) in [6, 6.07) is 8.65. The minimum Gasteiger partial charge on any atom is -0.491 e. The molecule has 2 aromatic rings. The third-order valence-corrected chi connectivity index (χ3v) is 5.15. The zero-order valence-corrected chi connectivity index (χ0v) is 17.5. The number of nitrogens with one attached hydrogen (secondary N) is 1. The van der Waals surface area contributed by atoms with Crippen LogP contribution in [-0.2, 0) is 15.7 Å². The summed E-state index contributed by atoms with van der Waals surface area (Å²) in [5.74, 6) is 0.538. The van der Waals surface area contributed by atoms with Crippen molar-refractivity contribution in [2.24, 2.45) is 0 Å². The normalized spacial score (nSPS) is 20.7. The fourth-order valence-corrected chi connectivity index (χ4v) is 3.32. The van der Waals surface area contributed by atoms with Crippen molar-refractivity contribution < 1.29 is 23.8 Å². The highest BCUT2D eigenvalue weighted by atomic mass is 16.5. The van der Waals surface area contributed by atoms with Crippen molar-refractivity contribution in [1.29, 1.82) is 0 Å². The van der Waals surface area contributed by atoms with Gasteiger partial charge in [-0.3, -0.25) is 9.69 Å². The molecule has 2 N–H and O–H groups in total. The van der Waals surface area contributed by atoms with E-state index >= 15 is 0 Å². The van der Waals surface area contributed by atoms with Gasteiger partial charge in [-0.15, -0.1) is 0 Å². The van der Waals surface area contributed by atoms with Crippen LogP contribution in [0.25, 0.3) is 0 Å². The number of rotatable bonds is 6. The van der Waals surface area contributed by atoms with Crippen LogP contribution < -0.4 is 10.1 Å². The standard InChI is InChI=1S/C22H28N2O5/c1-14-11-15(21(2,3)4)8-9-17(14)29-13-16(25)12-24-19(26)22(5,23-20(24)27)18-7-6-10-28-18/h6-11,16,25H,12-13H2,1-5H3,(H,23,27). The molecule has 1 aliphatic rings. The van der Waals surface area contributed by atoms with E-state index in [1.807, 2.05) is 19.1 Å². The van der Waals surface area contributed by atoms with E-state index in [-0.39, 0.29) is 18.6 Å². The first-order valence-electron chi connectivity index (χ1n) is 9.62. The number of carbonyl (C=O) groups excluding carboxylic acids is 2. The molecule has 0 bridgehead atoms. The molecule has 0 aliphatic carbocycles. The first-order chi connectivity index (χ1) is 13.5. The van der Waals surface area contributed by atoms with Gasteiger partial charge in [0.2, 0.25) is 0 Å². The van der Waals surface area contributed by atoms with E-state index in [0.717, 1.165) is 10.5 Å². The van der Waals surface area contributed by atoms with Crippen LogP contribution in [-0.4, -0.2) is 41.2 Å². The Labute approximate surface area is 170 Å². The Morgan fingerprint density at radius 1 is 1.28 bits per heavy atom. The summed E-state index contributed by atoms with van der Waals surface area (Å²) in [5, 5.41) is 13.0. The third-order valence-electron chi connectivity index (χ3n) is 5.15. The Hall–Kier alpha value is -2.80. The van der Waals surface area contributed by atoms with Crippen molar-refractivity contribution in [2.75, 3.05) is 13.2 Å². The fraction of sp³-hybridized carbons (Fsp3) is 0.455. The molecule has 156 valence electrons. The molecule has 2 heterocycles. The first-order valence-corrected chi connectivity index (χ1v) is 9.62. The average Bonchev–Trinajstić information content (AvgIpc) is 3.24. The second-order valence-corrected chi connectivity index (χ2v) is 8.64. The number of aliphatic hydroxyl groups is 1. The molecule has 1 saturated heterocycles. The molecule has 7 heteroatoms. The molecule has 0 spiro atoms. The summed E-state index contributed by atoms with van der Waals surface area (Å²) in [5.41, 5.74) is 0.914. The first kappa shape index (κ1) is 20.9. The number of hydrogen-bond acceptors (Lipinski definition) is 5. The van der Waals surface area contributed by atoms with E-state index in [9.17, 15) is 14.7 Å². The maximum absolute atomic E-state index is 12.8. The molecule has 2 unspecified atom stereocenters. The minimum atomic E-state index is -1.28. The van der Waals surface area contributed by atoms with Crippen molar-refractivity contribution in [3.05, 3.63) is 53.5 Å². The van der Waals surface area contributed by atoms with Gasteiger partial charge in [0.25, 0.3) is 5.91 Å². The number of nitrogens with zero attached hydrogens (tertiary/aromatic N) is 1. The summed E-state index contributed by atoms with van der Waals surface area (Å²) in [4.78, 5) is 26.0. The number of furan rings is 1. The predicted octanol–water partition coefficient (Wildman–Crippen LogP) is 3.09. The van der Waals surface area contributed by atoms with Crippen LogP contribution >= 0.6 is 0 Å². The van der Waals surface area contributed by atoms with Crippen LogP contribution in [0.1, 0.15) is 44.6 Å². The largest absolute Gasteiger partial charge is 0.491 e. The molecule has 7 nitrogen and oxygen atoms in total. The maximum Gasteiger partial charge on any atom is 0.325 e. The number of urea groups is 1. The Morgan fingerprint density at radius 3 is 2.59 bits per heavy atom. The van der Waals surface area contributed by atoms with Crippen molar-refractivity contribution in [1.82, 2.24) is 10.2 Å². The lowest BCUT2D eigenvalue weighted by Gasteiger charge is -2.22. The van der Waals surface area contributed by atoms with Gasteiger partial charge in [-0.25, -0.2) is 4.79 Å². The monoisotopic (exact) mass is 400 g/mol. The zero-order valence-electron chi connectivity index (χ0n) is 17.5. The number of ether oxygens (including phenoxy) is 1. The summed E-state index contributed by atoms with van der Waals surface area (Å²) in [6.07, 6.45) is 0.420. The van der Waals surface area contributed by atoms with E-state index in [0.29, 0.717) is 11.5 Å². The Kier molecular flexibility index (Phi) is 5.45. The molecule has 1 aliphatic heterocycles. The summed E-state index contributed by atoms with van der Waals surface area (Å²) in [7, 11) is 0. The lowest BCUT2D eigenvalue weighted by Crippen LogP contribution is -2.42. The van der Waals surface area contributed by atoms with Crippen molar-refractivity contribution in [3.63, 3.8) is 0 Å². The number of aryl methyl sites for hydroxylation is 1. The van der Waals surface area contributed by atoms with Crippen LogP contribution in [0.2, 0.25) is 0 Å². The van der Waals surface area contributed by atoms with E-state index in [4.69, 9.17) is 9.15 Å². The second-order valence-electron chi connectivity index (χ2n) is 8.64. The highest BCUT2D eigenvalue weighted by Crippen LogP contribution is 2.30. The van der Waals surface area contributed by atoms with Crippen LogP contribution in [0.5, 0.6) is 5.75 Å². The number of carbonyl (C=O) groups is 2. The quantitative estimate of drug-likeness (QED) is 0.727. The van der Waals surface area contributed by atoms with Gasteiger partial charge in [0.15, 0.2) is 5.54 Å². The highest BCUT2D eigenvalue weighted by molar-refractivity contribution is 6.06. The van der Waals surface area contributed by atoms with E-state index in [2.05, 4.69) is 32.2 Å². The van der Waals surface area contributed by atoms with Crippen LogP contribution in [0, 0.1) is 6.92 Å². The molecule has 0 radical (unpaired) electrons. The Balaban J connectivity index is 1.62. The molecule has 1 fully saturated rings. The number of benzene rings is 1. The second kappa shape index (κ2) is 7.55. The summed E-state index contributed by atoms with van der Waals surface area (Å²) >= 11 is 0. The fourth-order valence-electron chi connectivity index (χ4n) is 3.32. The molecule has 0 saturated carbocycles. The van der Waals surface area contributed by atoms with Gasteiger partial charge in [-0.2, -0.15) is 0 Å². The maximum atomic E-state index is 12.8. The minimum absolute atomic E-state index is 0.0346. The van der Waals surface area contributed by atoms with E-state index in [1.54, 1.807) is 19.1 Å². The van der Waals surface area contributed by atoms with Crippen molar-refractivity contribution >= 4 is 11.9 Å². The molecular weight excluding hydrogens is 372 g/mol. The predicted molar refractivity (Wildman–Crippen MR) is 108 cm³/mol. The van der Waals surface area contributed by atoms with Crippen molar-refractivity contribution in [3.8, 4) is 5.75 Å². The SMILES string of the molecule is Cc1cc(C(C)(C)C)ccc1OCC(O)CN1C(=O)NC(C)(c2ccco2)C1=O. The van der Waals surface area contributed by atoms with Gasteiger partial charge < -0.3 is 19.6 Å². The lowest BCUT2D eigenvalue weighted by molar-refractivity contribution is -0.132. The number of imide groups is 1. The molecule has 29 heavy (non-hydrogen) atoms. The van der Waals surface area contributed by atoms with Gasteiger partial charge in [-0.05, 0) is 48.6 Å². The molecule has 1 aromatic carbocycles. The molecule has 3 rings (SSSR count). The summed E-state index contributed by atoms with van der Waals surface area (Å²) in [6.45, 7) is 9.74. The summed E-state index contributed by atoms with van der Waals surface area (Å²) < 4.78 is 11.0. The molecular formula is C22H28N2O5. The third kappa shape index (κ3) is 4.15. The lowest BCUT2D eigenvalue weighted by atomic mass is 9.86. The Morgan fingerprint density at radius 2 is 2.00 bits per heavy atom. The number of hydrogen-bond donors (Lipinski definition) is 2. The van der Waals surface area contributed by atoms with Crippen molar-refractivity contribution in [2.45, 2.75) is 51.7 Å². The van der Waals surface area contributed by atoms with Gasteiger partial charge in [0.1, 0.15) is 24.2 Å². The average molecular weight is 400 g/mol. The number of β-amino-alcohol motifs (C(OH)–C–C–N with tert-alkyl or cyclic N) is 1. The van der Waals surface area contributed by atoms with Crippen LogP contribution in [0.4, 0.5) is 4.79 Å². The van der Waals surface area contributed by atoms with Gasteiger partial charge in [-0.1, -0.05) is 32.9 Å². The number of amides is 3. The van der Waals surface area contributed by atoms with Crippen LogP contribution in [0.3, 0.4) is 0 Å². The molecule has 2 atom stereocenters. The van der Waals surface area contributed by atoms with Gasteiger partial charge in [0, 0.05) is 0 Å². The number of aliphatic hydroxyl groups excluding tert-OH is 1. The van der Waals surface area contributed by atoms with Crippen LogP contribution in [0.15, 0.2) is 41.0 Å². The van der Waals surface area contributed by atoms with E-state index in [1.165, 1.54) is 11.8 Å². The smallest absolute Gasteiger partial charge is 0.325 e. The molecule has 1 aromatic heterocycles. The topological polar surface area (TPSA) is 92.0 Å². The Bertz CT molecular complexity index is 900. The zero-order chi connectivity index (χ0) is 21.4. The highest BCUT2D eigenvalue weighted by Gasteiger charge is 2.51. The van der Waals surface area contributed by atoms with E-state index < -0.39 is 23.6 Å². The molecule has 3 amide bonds.